The third kappa shape index (κ3) is 61.4. The zero-order valence-electron chi connectivity index (χ0n) is 50.8. The van der Waals surface area contributed by atoms with E-state index in [0.29, 0.717) is 19.4 Å². The lowest BCUT2D eigenvalue weighted by molar-refractivity contribution is -0.143. The van der Waals surface area contributed by atoms with Gasteiger partial charge in [-0.2, -0.15) is 0 Å². The van der Waals surface area contributed by atoms with Crippen LogP contribution in [0.3, 0.4) is 0 Å². The van der Waals surface area contributed by atoms with Crippen LogP contribution in [0.5, 0.6) is 0 Å². The second kappa shape index (κ2) is 64.9. The summed E-state index contributed by atoms with van der Waals surface area (Å²) in [4.78, 5) is 24.6. The van der Waals surface area contributed by atoms with Crippen LogP contribution in [0.15, 0.2) is 24.3 Å². The highest BCUT2D eigenvalue weighted by atomic mass is 16.5. The highest BCUT2D eigenvalue weighted by Gasteiger charge is 2.18. The highest BCUT2D eigenvalue weighted by Crippen LogP contribution is 2.18. The standard InChI is InChI=1S/C69H133NO5/c1-3-5-7-9-11-13-15-17-19-21-23-24-25-26-27-29-33-37-41-45-49-53-57-61-67(72)66(65-71)70-68(73)62-58-54-50-46-42-38-34-30-28-32-36-40-44-48-52-56-60-64-75-69(74)63-59-55-51-47-43-39-35-31-22-20-18-16-14-12-10-8-6-4-2/h20,22,57,61,66-67,71-72H,3-19,21,23-56,58-60,62-65H2,1-2H3,(H,70,73)/b22-20-,61-57+. The van der Waals surface area contributed by atoms with Crippen molar-refractivity contribution in [3.05, 3.63) is 24.3 Å². The van der Waals surface area contributed by atoms with E-state index in [1.54, 1.807) is 6.08 Å². The second-order valence-electron chi connectivity index (χ2n) is 23.5. The van der Waals surface area contributed by atoms with Gasteiger partial charge in [-0.1, -0.05) is 334 Å². The van der Waals surface area contributed by atoms with Crippen molar-refractivity contribution in [1.82, 2.24) is 5.32 Å². The SMILES string of the molecule is CCCCCCCCC/C=C\CCCCCCCCCC(=O)OCCCCCCCCCCCCCCCCCCCC(=O)NC(CO)C(O)/C=C/CCCCCCCCCCCCCCCCCCCCCCC. The van der Waals surface area contributed by atoms with Crippen molar-refractivity contribution in [1.29, 1.82) is 0 Å². The van der Waals surface area contributed by atoms with E-state index in [0.717, 1.165) is 44.9 Å². The van der Waals surface area contributed by atoms with Crippen molar-refractivity contribution in [2.75, 3.05) is 13.2 Å². The van der Waals surface area contributed by atoms with E-state index in [-0.39, 0.29) is 18.5 Å². The van der Waals surface area contributed by atoms with Crippen molar-refractivity contribution in [3.63, 3.8) is 0 Å². The normalized spacial score (nSPS) is 12.6. The second-order valence-corrected chi connectivity index (χ2v) is 23.5. The first-order valence-corrected chi connectivity index (χ1v) is 34.1. The number of rotatable bonds is 64. The Hall–Kier alpha value is -1.66. The summed E-state index contributed by atoms with van der Waals surface area (Å²) in [6.07, 6.45) is 80.9. The maximum atomic E-state index is 12.5. The van der Waals surface area contributed by atoms with Gasteiger partial charge in [-0.3, -0.25) is 9.59 Å². The number of hydrogen-bond acceptors (Lipinski definition) is 5. The molecule has 0 aromatic rings. The van der Waals surface area contributed by atoms with Crippen LogP contribution in [-0.4, -0.2) is 47.4 Å². The minimum Gasteiger partial charge on any atom is -0.466 e. The summed E-state index contributed by atoms with van der Waals surface area (Å²) in [5, 5.41) is 23.3. The van der Waals surface area contributed by atoms with E-state index >= 15 is 0 Å². The van der Waals surface area contributed by atoms with E-state index in [1.165, 1.54) is 308 Å². The molecule has 0 heterocycles. The van der Waals surface area contributed by atoms with Crippen molar-refractivity contribution >= 4 is 11.9 Å². The third-order valence-electron chi connectivity index (χ3n) is 16.0. The quantitative estimate of drug-likeness (QED) is 0.0320. The molecule has 0 bridgehead atoms. The van der Waals surface area contributed by atoms with E-state index in [2.05, 4.69) is 31.3 Å². The molecule has 0 aliphatic carbocycles. The number of aliphatic hydroxyl groups excluding tert-OH is 2. The summed E-state index contributed by atoms with van der Waals surface area (Å²) in [7, 11) is 0. The Morgan fingerprint density at radius 3 is 0.947 bits per heavy atom. The summed E-state index contributed by atoms with van der Waals surface area (Å²) in [6.45, 7) is 4.93. The van der Waals surface area contributed by atoms with Gasteiger partial charge in [-0.05, 0) is 57.8 Å². The molecule has 6 nitrogen and oxygen atoms in total. The molecule has 75 heavy (non-hydrogen) atoms. The highest BCUT2D eigenvalue weighted by molar-refractivity contribution is 5.76. The number of allylic oxidation sites excluding steroid dienone is 3. The Labute approximate surface area is 469 Å². The van der Waals surface area contributed by atoms with Gasteiger partial charge < -0.3 is 20.3 Å². The Morgan fingerprint density at radius 1 is 0.360 bits per heavy atom. The summed E-state index contributed by atoms with van der Waals surface area (Å²) >= 11 is 0. The summed E-state index contributed by atoms with van der Waals surface area (Å²) < 4.78 is 5.50. The number of unbranched alkanes of at least 4 members (excludes halogenated alkanes) is 51. The fraction of sp³-hybridized carbons (Fsp3) is 0.913. The molecule has 2 unspecified atom stereocenters. The lowest BCUT2D eigenvalue weighted by atomic mass is 10.0. The molecule has 0 aliphatic rings. The molecule has 0 aliphatic heterocycles. The molecule has 2 atom stereocenters. The van der Waals surface area contributed by atoms with Gasteiger partial charge in [0.05, 0.1) is 25.4 Å². The molecule has 0 aromatic heterocycles. The van der Waals surface area contributed by atoms with Gasteiger partial charge in [0.15, 0.2) is 0 Å². The van der Waals surface area contributed by atoms with E-state index < -0.39 is 12.1 Å². The van der Waals surface area contributed by atoms with Gasteiger partial charge in [0.2, 0.25) is 5.91 Å². The molecular weight excluding hydrogens is 923 g/mol. The zero-order chi connectivity index (χ0) is 54.3. The average molecular weight is 1060 g/mol. The van der Waals surface area contributed by atoms with Gasteiger partial charge in [0.1, 0.15) is 0 Å². The fourth-order valence-electron chi connectivity index (χ4n) is 10.7. The average Bonchev–Trinajstić information content (AvgIpc) is 3.41. The number of ether oxygens (including phenoxy) is 1. The lowest BCUT2D eigenvalue weighted by Gasteiger charge is -2.20. The third-order valence-corrected chi connectivity index (χ3v) is 16.0. The molecule has 0 radical (unpaired) electrons. The number of amides is 1. The fourth-order valence-corrected chi connectivity index (χ4v) is 10.7. The minimum atomic E-state index is -0.850. The molecule has 3 N–H and O–H groups in total. The molecule has 0 aromatic carbocycles. The molecule has 0 spiro atoms. The van der Waals surface area contributed by atoms with Crippen LogP contribution in [-0.2, 0) is 14.3 Å². The molecule has 444 valence electrons. The Bertz CT molecular complexity index is 1170. The molecule has 0 saturated heterocycles. The van der Waals surface area contributed by atoms with Crippen LogP contribution in [0.2, 0.25) is 0 Å². The number of esters is 1. The number of aliphatic hydroxyl groups is 2. The van der Waals surface area contributed by atoms with Crippen molar-refractivity contribution in [2.45, 2.75) is 392 Å². The maximum Gasteiger partial charge on any atom is 0.305 e. The van der Waals surface area contributed by atoms with Crippen LogP contribution < -0.4 is 5.32 Å². The van der Waals surface area contributed by atoms with Gasteiger partial charge in [-0.25, -0.2) is 0 Å². The largest absolute Gasteiger partial charge is 0.466 e. The van der Waals surface area contributed by atoms with Crippen LogP contribution >= 0.6 is 0 Å². The monoisotopic (exact) mass is 1060 g/mol. The van der Waals surface area contributed by atoms with Gasteiger partial charge in [0.25, 0.3) is 0 Å². The molecule has 0 fully saturated rings. The summed E-state index contributed by atoms with van der Waals surface area (Å²) in [6, 6.07) is -0.633. The van der Waals surface area contributed by atoms with Gasteiger partial charge in [0, 0.05) is 12.8 Å². The first-order chi connectivity index (χ1) is 37.0. The Morgan fingerprint density at radius 2 is 0.627 bits per heavy atom. The van der Waals surface area contributed by atoms with Crippen LogP contribution in [0, 0.1) is 0 Å². The summed E-state index contributed by atoms with van der Waals surface area (Å²) in [5.41, 5.74) is 0. The van der Waals surface area contributed by atoms with Gasteiger partial charge in [-0.15, -0.1) is 0 Å². The number of nitrogens with one attached hydrogen (secondary N) is 1. The molecule has 6 heteroatoms. The number of carbonyl (C=O) groups is 2. The zero-order valence-corrected chi connectivity index (χ0v) is 50.8. The van der Waals surface area contributed by atoms with Crippen molar-refractivity contribution in [3.8, 4) is 0 Å². The van der Waals surface area contributed by atoms with E-state index in [4.69, 9.17) is 4.74 Å². The van der Waals surface area contributed by atoms with Crippen LogP contribution in [0.1, 0.15) is 380 Å². The van der Waals surface area contributed by atoms with Crippen molar-refractivity contribution in [2.24, 2.45) is 0 Å². The molecule has 0 rings (SSSR count). The van der Waals surface area contributed by atoms with Gasteiger partial charge >= 0.3 is 5.97 Å². The minimum absolute atomic E-state index is 0.00258. The predicted molar refractivity (Wildman–Crippen MR) is 329 cm³/mol. The maximum absolute atomic E-state index is 12.5. The topological polar surface area (TPSA) is 95.9 Å². The first kappa shape index (κ1) is 73.3. The van der Waals surface area contributed by atoms with E-state index in [9.17, 15) is 19.8 Å². The lowest BCUT2D eigenvalue weighted by Crippen LogP contribution is -2.45. The smallest absolute Gasteiger partial charge is 0.305 e. The number of carbonyl (C=O) groups excluding carboxylic acids is 2. The molecule has 0 saturated carbocycles. The Balaban J connectivity index is 3.43. The summed E-state index contributed by atoms with van der Waals surface area (Å²) in [5.74, 6) is -0.0667. The molecular formula is C69H133NO5. The first-order valence-electron chi connectivity index (χ1n) is 34.1. The predicted octanol–water partition coefficient (Wildman–Crippen LogP) is 21.8. The Kier molecular flexibility index (Phi) is 63.4. The van der Waals surface area contributed by atoms with Crippen LogP contribution in [0.4, 0.5) is 0 Å². The van der Waals surface area contributed by atoms with Crippen LogP contribution in [0.25, 0.3) is 0 Å². The van der Waals surface area contributed by atoms with Crippen molar-refractivity contribution < 1.29 is 24.5 Å². The van der Waals surface area contributed by atoms with E-state index in [1.807, 2.05) is 6.08 Å². The molecule has 1 amide bonds. The number of hydrogen-bond donors (Lipinski definition) is 3.